The molecule has 1 aromatic heterocycles. The van der Waals surface area contributed by atoms with Gasteiger partial charge in [-0.15, -0.1) is 0 Å². The van der Waals surface area contributed by atoms with Crippen LogP contribution in [0.2, 0.25) is 0 Å². The molecule has 0 radical (unpaired) electrons. The van der Waals surface area contributed by atoms with Gasteiger partial charge in [0.15, 0.2) is 0 Å². The lowest BCUT2D eigenvalue weighted by Gasteiger charge is -2.32. The third-order valence-corrected chi connectivity index (χ3v) is 3.76. The van der Waals surface area contributed by atoms with E-state index in [9.17, 15) is 4.79 Å². The summed E-state index contributed by atoms with van der Waals surface area (Å²) in [4.78, 5) is 13.6. The summed E-state index contributed by atoms with van der Waals surface area (Å²) in [6.07, 6.45) is 2.13. The summed E-state index contributed by atoms with van der Waals surface area (Å²) < 4.78 is 2.10. The molecular weight excluding hydrogens is 240 g/mol. The zero-order valence-corrected chi connectivity index (χ0v) is 12.1. The number of hydrogen-bond acceptors (Lipinski definition) is 2. The lowest BCUT2D eigenvalue weighted by atomic mass is 9.97. The van der Waals surface area contributed by atoms with Crippen LogP contribution in [0.1, 0.15) is 31.2 Å². The average molecular weight is 264 g/mol. The monoisotopic (exact) mass is 264 g/mol. The van der Waals surface area contributed by atoms with Crippen molar-refractivity contribution >= 4 is 6.03 Å². The van der Waals surface area contributed by atoms with Crippen LogP contribution in [-0.2, 0) is 6.54 Å². The molecule has 1 aromatic rings. The quantitative estimate of drug-likeness (QED) is 0.907. The lowest BCUT2D eigenvalue weighted by Crippen LogP contribution is -2.44. The highest BCUT2D eigenvalue weighted by molar-refractivity contribution is 5.74. The Morgan fingerprint density at radius 3 is 2.63 bits per heavy atom. The van der Waals surface area contributed by atoms with Gasteiger partial charge >= 0.3 is 6.03 Å². The highest BCUT2D eigenvalue weighted by Crippen LogP contribution is 2.19. The molecule has 5 nitrogen and oxygen atoms in total. The molecule has 0 unspecified atom stereocenters. The first-order valence-electron chi connectivity index (χ1n) is 7.14. The van der Waals surface area contributed by atoms with Gasteiger partial charge in [0.2, 0.25) is 0 Å². The van der Waals surface area contributed by atoms with E-state index in [1.165, 1.54) is 5.69 Å². The van der Waals surface area contributed by atoms with Crippen LogP contribution in [0.3, 0.4) is 0 Å². The molecule has 0 aromatic carbocycles. The van der Waals surface area contributed by atoms with E-state index < -0.39 is 0 Å². The molecule has 1 fully saturated rings. The largest absolute Gasteiger partial charge is 0.338 e. The second kappa shape index (κ2) is 6.08. The van der Waals surface area contributed by atoms with E-state index in [0.717, 1.165) is 38.2 Å². The van der Waals surface area contributed by atoms with Gasteiger partial charge in [-0.25, -0.2) is 4.79 Å². The number of piperidine rings is 1. The second-order valence-electron chi connectivity index (χ2n) is 5.38. The third-order valence-electron chi connectivity index (χ3n) is 3.76. The molecule has 0 bridgehead atoms. The Morgan fingerprint density at radius 2 is 2.11 bits per heavy atom. The van der Waals surface area contributed by atoms with Gasteiger partial charge < -0.3 is 10.2 Å². The van der Waals surface area contributed by atoms with E-state index in [4.69, 9.17) is 0 Å². The molecule has 1 saturated heterocycles. The Balaban J connectivity index is 1.83. The number of hydrogen-bond donors (Lipinski definition) is 1. The number of nitrogens with one attached hydrogen (secondary N) is 1. The van der Waals surface area contributed by atoms with Crippen molar-refractivity contribution in [2.45, 2.75) is 40.2 Å². The van der Waals surface area contributed by atoms with E-state index in [1.807, 2.05) is 18.7 Å². The summed E-state index contributed by atoms with van der Waals surface area (Å²) in [5.74, 6) is 0.628. The smallest absolute Gasteiger partial charge is 0.317 e. The predicted octanol–water partition coefficient (Wildman–Crippen LogP) is 1.94. The number of urea groups is 1. The van der Waals surface area contributed by atoms with Crippen LogP contribution in [0.25, 0.3) is 0 Å². The third kappa shape index (κ3) is 3.49. The van der Waals surface area contributed by atoms with Gasteiger partial charge in [-0.1, -0.05) is 0 Å². The number of aromatic nitrogens is 2. The molecule has 1 aliphatic rings. The molecule has 2 amide bonds. The van der Waals surface area contributed by atoms with Crippen LogP contribution in [0.4, 0.5) is 4.79 Å². The molecule has 19 heavy (non-hydrogen) atoms. The Hall–Kier alpha value is -1.52. The van der Waals surface area contributed by atoms with E-state index in [-0.39, 0.29) is 6.03 Å². The normalized spacial score (nSPS) is 16.7. The molecule has 0 saturated carbocycles. The van der Waals surface area contributed by atoms with Crippen LogP contribution in [0.5, 0.6) is 0 Å². The molecule has 2 heterocycles. The number of likely N-dealkylation sites (tertiary alicyclic amines) is 1. The first-order chi connectivity index (χ1) is 9.10. The standard InChI is InChI=1S/C14H24N4O/c1-4-15-14(19)17-7-5-13(6-8-17)10-18-12(3)9-11(2)16-18/h9,13H,4-8,10H2,1-3H3,(H,15,19). The van der Waals surface area contributed by atoms with Gasteiger partial charge in [-0.3, -0.25) is 4.68 Å². The van der Waals surface area contributed by atoms with E-state index in [0.29, 0.717) is 12.5 Å². The molecule has 5 heteroatoms. The number of aryl methyl sites for hydroxylation is 2. The van der Waals surface area contributed by atoms with E-state index in [1.54, 1.807) is 0 Å². The van der Waals surface area contributed by atoms with Gasteiger partial charge in [-0.05, 0) is 45.6 Å². The highest BCUT2D eigenvalue weighted by Gasteiger charge is 2.23. The topological polar surface area (TPSA) is 50.2 Å². The van der Waals surface area contributed by atoms with Gasteiger partial charge in [0.25, 0.3) is 0 Å². The number of amides is 2. The molecule has 0 atom stereocenters. The predicted molar refractivity (Wildman–Crippen MR) is 75.1 cm³/mol. The Morgan fingerprint density at radius 1 is 1.42 bits per heavy atom. The maximum atomic E-state index is 11.7. The summed E-state index contributed by atoms with van der Waals surface area (Å²) in [7, 11) is 0. The van der Waals surface area contributed by atoms with Crippen LogP contribution in [-0.4, -0.2) is 40.3 Å². The van der Waals surface area contributed by atoms with E-state index in [2.05, 4.69) is 28.1 Å². The van der Waals surface area contributed by atoms with Crippen molar-refractivity contribution in [3.8, 4) is 0 Å². The SMILES string of the molecule is CCNC(=O)N1CCC(Cn2nc(C)cc2C)CC1. The van der Waals surface area contributed by atoms with Crippen molar-refractivity contribution in [3.05, 3.63) is 17.5 Å². The zero-order chi connectivity index (χ0) is 13.8. The molecule has 0 aliphatic carbocycles. The van der Waals surface area contributed by atoms with Crippen molar-refractivity contribution < 1.29 is 4.79 Å². The summed E-state index contributed by atoms with van der Waals surface area (Å²) in [5.41, 5.74) is 2.31. The Kier molecular flexibility index (Phi) is 4.45. The molecule has 2 rings (SSSR count). The van der Waals surface area contributed by atoms with Gasteiger partial charge in [-0.2, -0.15) is 5.10 Å². The fourth-order valence-electron chi connectivity index (χ4n) is 2.69. The van der Waals surface area contributed by atoms with Crippen LogP contribution < -0.4 is 5.32 Å². The van der Waals surface area contributed by atoms with Crippen molar-refractivity contribution in [2.75, 3.05) is 19.6 Å². The van der Waals surface area contributed by atoms with Crippen LogP contribution >= 0.6 is 0 Å². The maximum Gasteiger partial charge on any atom is 0.317 e. The second-order valence-corrected chi connectivity index (χ2v) is 5.38. The fraction of sp³-hybridized carbons (Fsp3) is 0.714. The van der Waals surface area contributed by atoms with Crippen molar-refractivity contribution in [3.63, 3.8) is 0 Å². The Labute approximate surface area is 115 Å². The number of rotatable bonds is 3. The minimum absolute atomic E-state index is 0.0760. The van der Waals surface area contributed by atoms with Gasteiger partial charge in [0, 0.05) is 31.9 Å². The minimum atomic E-state index is 0.0760. The fourth-order valence-corrected chi connectivity index (χ4v) is 2.69. The minimum Gasteiger partial charge on any atom is -0.338 e. The average Bonchev–Trinajstić information content (AvgIpc) is 2.69. The zero-order valence-electron chi connectivity index (χ0n) is 12.1. The molecular formula is C14H24N4O. The summed E-state index contributed by atoms with van der Waals surface area (Å²) in [6.45, 7) is 9.47. The first kappa shape index (κ1) is 13.9. The number of carbonyl (C=O) groups excluding carboxylic acids is 1. The highest BCUT2D eigenvalue weighted by atomic mass is 16.2. The van der Waals surface area contributed by atoms with E-state index >= 15 is 0 Å². The number of carbonyl (C=O) groups is 1. The first-order valence-corrected chi connectivity index (χ1v) is 7.14. The Bertz CT molecular complexity index is 433. The summed E-state index contributed by atoms with van der Waals surface area (Å²) >= 11 is 0. The lowest BCUT2D eigenvalue weighted by molar-refractivity contribution is 0.164. The maximum absolute atomic E-state index is 11.7. The molecule has 1 N–H and O–H groups in total. The van der Waals surface area contributed by atoms with Crippen molar-refractivity contribution in [1.82, 2.24) is 20.0 Å². The van der Waals surface area contributed by atoms with Crippen LogP contribution in [0, 0.1) is 19.8 Å². The molecule has 106 valence electrons. The van der Waals surface area contributed by atoms with Gasteiger partial charge in [0.1, 0.15) is 0 Å². The summed E-state index contributed by atoms with van der Waals surface area (Å²) in [5, 5.41) is 7.37. The summed E-state index contributed by atoms with van der Waals surface area (Å²) in [6, 6.07) is 2.19. The number of nitrogens with zero attached hydrogens (tertiary/aromatic N) is 3. The van der Waals surface area contributed by atoms with Gasteiger partial charge in [0.05, 0.1) is 5.69 Å². The van der Waals surface area contributed by atoms with Crippen molar-refractivity contribution in [1.29, 1.82) is 0 Å². The molecule has 1 aliphatic heterocycles. The molecule has 0 spiro atoms. The van der Waals surface area contributed by atoms with Crippen molar-refractivity contribution in [2.24, 2.45) is 5.92 Å². The van der Waals surface area contributed by atoms with Crippen LogP contribution in [0.15, 0.2) is 6.07 Å².